The van der Waals surface area contributed by atoms with Crippen LogP contribution >= 0.6 is 0 Å². The second-order valence-corrected chi connectivity index (χ2v) is 6.02. The fourth-order valence-electron chi connectivity index (χ4n) is 3.03. The lowest BCUT2D eigenvalue weighted by Crippen LogP contribution is -2.11. The van der Waals surface area contributed by atoms with E-state index in [0.29, 0.717) is 5.56 Å². The Morgan fingerprint density at radius 3 is 2.44 bits per heavy atom. The van der Waals surface area contributed by atoms with Crippen molar-refractivity contribution in [2.24, 2.45) is 0 Å². The molecule has 0 unspecified atom stereocenters. The summed E-state index contributed by atoms with van der Waals surface area (Å²) in [6, 6.07) is 16.8. The molecule has 3 aromatic rings. The standard InChI is InChI=1S/C20H18N4O/c25-20(14-5-2-1-3-6-14)24-16-11-9-15(10-12-16)23-19-17-7-4-8-18(17)21-13-22-19/h1-3,5-6,9-13H,4,7-8H2,(H,24,25)(H,21,22,23). The molecule has 0 saturated carbocycles. The van der Waals surface area contributed by atoms with Crippen molar-refractivity contribution < 1.29 is 4.79 Å². The second-order valence-electron chi connectivity index (χ2n) is 6.02. The second kappa shape index (κ2) is 6.73. The molecule has 25 heavy (non-hydrogen) atoms. The molecule has 1 amide bonds. The van der Waals surface area contributed by atoms with E-state index in [9.17, 15) is 4.79 Å². The van der Waals surface area contributed by atoms with Gasteiger partial charge in [-0.05, 0) is 55.7 Å². The molecule has 2 aromatic carbocycles. The van der Waals surface area contributed by atoms with E-state index in [1.807, 2.05) is 42.5 Å². The highest BCUT2D eigenvalue weighted by atomic mass is 16.1. The van der Waals surface area contributed by atoms with Crippen molar-refractivity contribution in [1.29, 1.82) is 0 Å². The molecule has 1 aliphatic carbocycles. The summed E-state index contributed by atoms with van der Waals surface area (Å²) in [6.45, 7) is 0. The molecule has 2 N–H and O–H groups in total. The third-order valence-corrected chi connectivity index (χ3v) is 4.32. The van der Waals surface area contributed by atoms with E-state index in [-0.39, 0.29) is 5.91 Å². The first-order chi connectivity index (χ1) is 12.3. The van der Waals surface area contributed by atoms with Crippen LogP contribution in [0.2, 0.25) is 0 Å². The van der Waals surface area contributed by atoms with Crippen LogP contribution in [0.3, 0.4) is 0 Å². The molecule has 0 atom stereocenters. The number of hydrogen-bond donors (Lipinski definition) is 2. The summed E-state index contributed by atoms with van der Waals surface area (Å²) in [5.74, 6) is 0.763. The van der Waals surface area contributed by atoms with Crippen LogP contribution in [0.4, 0.5) is 17.2 Å². The van der Waals surface area contributed by atoms with Crippen molar-refractivity contribution >= 4 is 23.1 Å². The summed E-state index contributed by atoms with van der Waals surface area (Å²) in [7, 11) is 0. The van der Waals surface area contributed by atoms with Gasteiger partial charge in [0.2, 0.25) is 0 Å². The maximum Gasteiger partial charge on any atom is 0.255 e. The highest BCUT2D eigenvalue weighted by molar-refractivity contribution is 6.04. The number of rotatable bonds is 4. The first-order valence-corrected chi connectivity index (χ1v) is 8.36. The van der Waals surface area contributed by atoms with Gasteiger partial charge in [-0.3, -0.25) is 4.79 Å². The summed E-state index contributed by atoms with van der Waals surface area (Å²) >= 11 is 0. The van der Waals surface area contributed by atoms with Crippen molar-refractivity contribution in [2.45, 2.75) is 19.3 Å². The molecule has 0 spiro atoms. The molecule has 5 nitrogen and oxygen atoms in total. The molecule has 1 aliphatic rings. The number of anilines is 3. The van der Waals surface area contributed by atoms with Gasteiger partial charge in [0.05, 0.1) is 0 Å². The van der Waals surface area contributed by atoms with Gasteiger partial charge in [0.25, 0.3) is 5.91 Å². The van der Waals surface area contributed by atoms with E-state index in [2.05, 4.69) is 20.6 Å². The van der Waals surface area contributed by atoms with Crippen LogP contribution in [0, 0.1) is 0 Å². The number of benzene rings is 2. The van der Waals surface area contributed by atoms with Crippen LogP contribution < -0.4 is 10.6 Å². The first kappa shape index (κ1) is 15.3. The van der Waals surface area contributed by atoms with Crippen molar-refractivity contribution in [1.82, 2.24) is 9.97 Å². The topological polar surface area (TPSA) is 66.9 Å². The minimum atomic E-state index is -0.116. The van der Waals surface area contributed by atoms with Gasteiger partial charge in [0, 0.05) is 28.2 Å². The van der Waals surface area contributed by atoms with E-state index in [1.54, 1.807) is 18.5 Å². The maximum atomic E-state index is 12.2. The lowest BCUT2D eigenvalue weighted by molar-refractivity contribution is 0.102. The van der Waals surface area contributed by atoms with Gasteiger partial charge in [-0.25, -0.2) is 9.97 Å². The summed E-state index contributed by atoms with van der Waals surface area (Å²) in [6.07, 6.45) is 4.79. The number of hydrogen-bond acceptors (Lipinski definition) is 4. The molecule has 0 aliphatic heterocycles. The van der Waals surface area contributed by atoms with E-state index < -0.39 is 0 Å². The largest absolute Gasteiger partial charge is 0.340 e. The van der Waals surface area contributed by atoms with E-state index in [4.69, 9.17) is 0 Å². The molecule has 0 saturated heterocycles. The third kappa shape index (κ3) is 3.35. The van der Waals surface area contributed by atoms with Gasteiger partial charge in [-0.1, -0.05) is 18.2 Å². The lowest BCUT2D eigenvalue weighted by Gasteiger charge is -2.11. The van der Waals surface area contributed by atoms with Crippen LogP contribution in [-0.2, 0) is 12.8 Å². The molecule has 4 rings (SSSR count). The summed E-state index contributed by atoms with van der Waals surface area (Å²) < 4.78 is 0. The van der Waals surface area contributed by atoms with E-state index >= 15 is 0 Å². The van der Waals surface area contributed by atoms with Gasteiger partial charge in [0.15, 0.2) is 0 Å². The Balaban J connectivity index is 1.46. The van der Waals surface area contributed by atoms with Crippen LogP contribution in [0.15, 0.2) is 60.9 Å². The SMILES string of the molecule is O=C(Nc1ccc(Nc2ncnc3c2CCC3)cc1)c1ccccc1. The number of amides is 1. The molecule has 0 radical (unpaired) electrons. The summed E-state index contributed by atoms with van der Waals surface area (Å²) in [5.41, 5.74) is 4.69. The smallest absolute Gasteiger partial charge is 0.255 e. The van der Waals surface area contributed by atoms with Crippen LogP contribution in [-0.4, -0.2) is 15.9 Å². The predicted molar refractivity (Wildman–Crippen MR) is 98.2 cm³/mol. The quantitative estimate of drug-likeness (QED) is 0.760. The fraction of sp³-hybridized carbons (Fsp3) is 0.150. The lowest BCUT2D eigenvalue weighted by atomic mass is 10.2. The Morgan fingerprint density at radius 2 is 1.64 bits per heavy atom. The number of carbonyl (C=O) groups is 1. The molecular weight excluding hydrogens is 312 g/mol. The minimum absolute atomic E-state index is 0.116. The molecule has 124 valence electrons. The molecule has 0 bridgehead atoms. The van der Waals surface area contributed by atoms with Crippen LogP contribution in [0.1, 0.15) is 28.0 Å². The van der Waals surface area contributed by atoms with E-state index in [1.165, 1.54) is 5.56 Å². The van der Waals surface area contributed by atoms with Gasteiger partial charge < -0.3 is 10.6 Å². The third-order valence-electron chi connectivity index (χ3n) is 4.32. The average molecular weight is 330 g/mol. The van der Waals surface area contributed by atoms with Gasteiger partial charge in [0.1, 0.15) is 12.1 Å². The molecule has 1 aromatic heterocycles. The highest BCUT2D eigenvalue weighted by Crippen LogP contribution is 2.27. The molecular formula is C20H18N4O. The zero-order valence-electron chi connectivity index (χ0n) is 13.7. The normalized spacial score (nSPS) is 12.5. The number of nitrogens with one attached hydrogen (secondary N) is 2. The maximum absolute atomic E-state index is 12.2. The molecule has 5 heteroatoms. The van der Waals surface area contributed by atoms with E-state index in [0.717, 1.165) is 42.1 Å². The molecule has 0 fully saturated rings. The van der Waals surface area contributed by atoms with Gasteiger partial charge in [-0.15, -0.1) is 0 Å². The molecule has 1 heterocycles. The number of aromatic nitrogens is 2. The van der Waals surface area contributed by atoms with Crippen molar-refractivity contribution in [3.63, 3.8) is 0 Å². The number of nitrogens with zero attached hydrogens (tertiary/aromatic N) is 2. The van der Waals surface area contributed by atoms with Crippen molar-refractivity contribution in [3.8, 4) is 0 Å². The summed E-state index contributed by atoms with van der Waals surface area (Å²) in [4.78, 5) is 20.9. The number of aryl methyl sites for hydroxylation is 1. The van der Waals surface area contributed by atoms with Crippen molar-refractivity contribution in [3.05, 3.63) is 77.7 Å². The zero-order chi connectivity index (χ0) is 17.1. The minimum Gasteiger partial charge on any atom is -0.340 e. The first-order valence-electron chi connectivity index (χ1n) is 8.36. The Bertz CT molecular complexity index is 891. The monoisotopic (exact) mass is 330 g/mol. The Morgan fingerprint density at radius 1 is 0.880 bits per heavy atom. The fourth-order valence-corrected chi connectivity index (χ4v) is 3.03. The number of carbonyl (C=O) groups excluding carboxylic acids is 1. The highest BCUT2D eigenvalue weighted by Gasteiger charge is 2.17. The Labute approximate surface area is 146 Å². The Kier molecular flexibility index (Phi) is 4.12. The summed E-state index contributed by atoms with van der Waals surface area (Å²) in [5, 5.41) is 6.25. The van der Waals surface area contributed by atoms with Crippen LogP contribution in [0.5, 0.6) is 0 Å². The van der Waals surface area contributed by atoms with Crippen molar-refractivity contribution in [2.75, 3.05) is 10.6 Å². The predicted octanol–water partition coefficient (Wildman–Crippen LogP) is 3.96. The van der Waals surface area contributed by atoms with Crippen LogP contribution in [0.25, 0.3) is 0 Å². The van der Waals surface area contributed by atoms with Gasteiger partial charge >= 0.3 is 0 Å². The zero-order valence-corrected chi connectivity index (χ0v) is 13.7. The van der Waals surface area contributed by atoms with Gasteiger partial charge in [-0.2, -0.15) is 0 Å². The number of fused-ring (bicyclic) bond motifs is 1. The average Bonchev–Trinajstić information content (AvgIpc) is 3.14. The Hall–Kier alpha value is -3.21.